The second-order valence-corrected chi connectivity index (χ2v) is 9.71. The van der Waals surface area contributed by atoms with E-state index in [0.29, 0.717) is 16.7 Å². The third-order valence-corrected chi connectivity index (χ3v) is 7.17. The summed E-state index contributed by atoms with van der Waals surface area (Å²) in [7, 11) is 1.41. The zero-order chi connectivity index (χ0) is 28.2. The fraction of sp³-hybridized carbons (Fsp3) is 0.560. The molecule has 214 valence electrons. The lowest BCUT2D eigenvalue weighted by Gasteiger charge is -2.42. The number of benzene rings is 2. The van der Waals surface area contributed by atoms with E-state index in [-0.39, 0.29) is 23.3 Å². The summed E-state index contributed by atoms with van der Waals surface area (Å²) in [5, 5.41) is 73.1. The van der Waals surface area contributed by atoms with E-state index < -0.39 is 79.7 Å². The lowest BCUT2D eigenvalue weighted by Crippen LogP contribution is -2.61. The molecule has 0 saturated carbocycles. The number of hydrogen-bond acceptors (Lipinski definition) is 14. The third-order valence-electron chi connectivity index (χ3n) is 7.17. The number of carbonyl (C=O) groups is 1. The van der Waals surface area contributed by atoms with Crippen LogP contribution in [0.15, 0.2) is 18.2 Å². The van der Waals surface area contributed by atoms with Gasteiger partial charge in [-0.3, -0.25) is 0 Å². The van der Waals surface area contributed by atoms with Gasteiger partial charge in [0.1, 0.15) is 72.1 Å². The van der Waals surface area contributed by atoms with Crippen molar-refractivity contribution < 1.29 is 69.0 Å². The largest absolute Gasteiger partial charge is 0.506 e. The molecule has 10 atom stereocenters. The summed E-state index contributed by atoms with van der Waals surface area (Å²) in [5.74, 6) is -0.874. The average Bonchev–Trinajstić information content (AvgIpc) is 3.29. The molecule has 7 N–H and O–H groups in total. The van der Waals surface area contributed by atoms with Crippen molar-refractivity contribution in [3.8, 4) is 17.2 Å². The van der Waals surface area contributed by atoms with Crippen LogP contribution in [0.4, 0.5) is 0 Å². The van der Waals surface area contributed by atoms with Crippen molar-refractivity contribution in [1.82, 2.24) is 0 Å². The second kappa shape index (κ2) is 10.6. The highest BCUT2D eigenvalue weighted by Gasteiger charge is 2.47. The Labute approximate surface area is 221 Å². The van der Waals surface area contributed by atoms with E-state index in [1.54, 1.807) is 12.1 Å². The molecule has 0 spiro atoms. The lowest BCUT2D eigenvalue weighted by molar-refractivity contribution is -0.318. The Bertz CT molecular complexity index is 1240. The van der Waals surface area contributed by atoms with Crippen molar-refractivity contribution in [2.24, 2.45) is 0 Å². The molecule has 0 aliphatic carbocycles. The van der Waals surface area contributed by atoms with Crippen LogP contribution in [0.1, 0.15) is 22.8 Å². The third kappa shape index (κ3) is 4.88. The topological polar surface area (TPSA) is 214 Å². The van der Waals surface area contributed by atoms with Gasteiger partial charge in [0, 0.05) is 11.6 Å². The van der Waals surface area contributed by atoms with E-state index in [1.165, 1.54) is 20.1 Å². The molecule has 3 heterocycles. The van der Waals surface area contributed by atoms with Crippen LogP contribution in [0.2, 0.25) is 0 Å². The molecular formula is C25H30O14. The number of phenolic OH excluding ortho intramolecular Hbond substituents is 1. The van der Waals surface area contributed by atoms with Crippen molar-refractivity contribution in [3.63, 3.8) is 0 Å². The Morgan fingerprint density at radius 1 is 0.897 bits per heavy atom. The molecule has 39 heavy (non-hydrogen) atoms. The van der Waals surface area contributed by atoms with Crippen LogP contribution in [0.3, 0.4) is 0 Å². The standard InChI is InChI=1S/C25H30O14/c1-8-16(26)19(29)21(31)24(37-8)36-7-13-17(27)20(30)22(32)25(39-13)38-12-5-11(34-2)4-9-3-10-6-35-23(33)15(10)18(28)14(9)12/h3-5,8,13,16-17,19-22,24-32H,6-7H2,1-2H3/t8-,13+,16-,17+,19+,20-,21+,22+,24+,25+/m0/s1. The molecule has 3 aliphatic heterocycles. The van der Waals surface area contributed by atoms with Gasteiger partial charge in [-0.2, -0.15) is 0 Å². The highest BCUT2D eigenvalue weighted by Crippen LogP contribution is 2.43. The Morgan fingerprint density at radius 3 is 2.31 bits per heavy atom. The molecule has 14 nitrogen and oxygen atoms in total. The molecule has 0 bridgehead atoms. The Balaban J connectivity index is 1.40. The molecular weight excluding hydrogens is 524 g/mol. The number of phenols is 1. The number of aliphatic hydroxyl groups is 6. The number of esters is 1. The smallest absolute Gasteiger partial charge is 0.342 e. The number of ether oxygens (including phenoxy) is 6. The zero-order valence-corrected chi connectivity index (χ0v) is 20.9. The van der Waals surface area contributed by atoms with E-state index in [9.17, 15) is 40.5 Å². The average molecular weight is 555 g/mol. The second-order valence-electron chi connectivity index (χ2n) is 9.71. The summed E-state index contributed by atoms with van der Waals surface area (Å²) in [4.78, 5) is 12.2. The number of aliphatic hydroxyl groups excluding tert-OH is 6. The number of rotatable bonds is 6. The summed E-state index contributed by atoms with van der Waals surface area (Å²) in [5.41, 5.74) is 0.435. The minimum absolute atomic E-state index is 0.0184. The van der Waals surface area contributed by atoms with Crippen LogP contribution in [0.25, 0.3) is 10.8 Å². The molecule has 14 heteroatoms. The van der Waals surface area contributed by atoms with Gasteiger partial charge in [0.25, 0.3) is 0 Å². The maximum Gasteiger partial charge on any atom is 0.342 e. The normalized spacial score (nSPS) is 36.5. The van der Waals surface area contributed by atoms with Gasteiger partial charge >= 0.3 is 5.97 Å². The quantitative estimate of drug-likeness (QED) is 0.197. The van der Waals surface area contributed by atoms with Crippen molar-refractivity contribution in [3.05, 3.63) is 29.3 Å². The van der Waals surface area contributed by atoms with Gasteiger partial charge in [-0.05, 0) is 24.4 Å². The van der Waals surface area contributed by atoms with E-state index >= 15 is 0 Å². The van der Waals surface area contributed by atoms with Gasteiger partial charge in [-0.25, -0.2) is 4.79 Å². The van der Waals surface area contributed by atoms with Crippen LogP contribution in [-0.2, 0) is 25.6 Å². The van der Waals surface area contributed by atoms with Gasteiger partial charge in [0.15, 0.2) is 6.29 Å². The van der Waals surface area contributed by atoms with Crippen molar-refractivity contribution >= 4 is 16.7 Å². The molecule has 0 amide bonds. The lowest BCUT2D eigenvalue weighted by atomic mass is 9.98. The molecule has 0 aromatic heterocycles. The number of aromatic hydroxyl groups is 1. The Hall–Kier alpha value is -2.79. The number of methoxy groups -OCH3 is 1. The summed E-state index contributed by atoms with van der Waals surface area (Å²) in [6.45, 7) is 0.968. The van der Waals surface area contributed by atoms with Crippen molar-refractivity contribution in [2.45, 2.75) is 74.9 Å². The van der Waals surface area contributed by atoms with Gasteiger partial charge < -0.3 is 64.2 Å². The summed E-state index contributed by atoms with van der Waals surface area (Å²) in [6, 6.07) is 4.61. The van der Waals surface area contributed by atoms with E-state index in [2.05, 4.69) is 0 Å². The molecule has 2 aromatic carbocycles. The van der Waals surface area contributed by atoms with Crippen LogP contribution >= 0.6 is 0 Å². The van der Waals surface area contributed by atoms with Crippen LogP contribution in [0.5, 0.6) is 17.2 Å². The summed E-state index contributed by atoms with van der Waals surface area (Å²) >= 11 is 0. The Morgan fingerprint density at radius 2 is 1.59 bits per heavy atom. The van der Waals surface area contributed by atoms with Gasteiger partial charge in [0.05, 0.1) is 25.2 Å². The molecule has 0 radical (unpaired) electrons. The maximum absolute atomic E-state index is 12.2. The number of cyclic esters (lactones) is 1. The fourth-order valence-corrected chi connectivity index (χ4v) is 4.90. The zero-order valence-electron chi connectivity index (χ0n) is 20.9. The molecule has 2 aromatic rings. The van der Waals surface area contributed by atoms with Crippen molar-refractivity contribution in [2.75, 3.05) is 13.7 Å². The number of hydrogen-bond donors (Lipinski definition) is 7. The first-order chi connectivity index (χ1) is 18.5. The predicted octanol–water partition coefficient (Wildman–Crippen LogP) is -1.75. The molecule has 0 unspecified atom stereocenters. The first-order valence-corrected chi connectivity index (χ1v) is 12.2. The predicted molar refractivity (Wildman–Crippen MR) is 127 cm³/mol. The maximum atomic E-state index is 12.2. The minimum atomic E-state index is -1.76. The summed E-state index contributed by atoms with van der Waals surface area (Å²) < 4.78 is 32.7. The van der Waals surface area contributed by atoms with E-state index in [0.717, 1.165) is 0 Å². The number of carbonyl (C=O) groups excluding carboxylic acids is 1. The van der Waals surface area contributed by atoms with Gasteiger partial charge in [-0.1, -0.05) is 0 Å². The first-order valence-electron chi connectivity index (χ1n) is 12.2. The monoisotopic (exact) mass is 554 g/mol. The fourth-order valence-electron chi connectivity index (χ4n) is 4.90. The van der Waals surface area contributed by atoms with E-state index in [1.807, 2.05) is 0 Å². The highest BCUT2D eigenvalue weighted by molar-refractivity contribution is 6.06. The molecule has 2 fully saturated rings. The molecule has 3 aliphatic rings. The SMILES string of the molecule is COc1cc(O[C@@H]2O[C@H](CO[C@@H]3O[C@@H](C)[C@H](O)[C@@H](O)[C@H]3O)[C@@H](O)[C@H](O)[C@H]2O)c2c(O)c3c(cc2c1)COC3=O. The first kappa shape index (κ1) is 27.8. The Kier molecular flexibility index (Phi) is 7.58. The highest BCUT2D eigenvalue weighted by atomic mass is 16.7. The van der Waals surface area contributed by atoms with Gasteiger partial charge in [0.2, 0.25) is 6.29 Å². The molecule has 2 saturated heterocycles. The van der Waals surface area contributed by atoms with Crippen LogP contribution in [-0.4, -0.2) is 117 Å². The van der Waals surface area contributed by atoms with Crippen LogP contribution in [0, 0.1) is 0 Å². The van der Waals surface area contributed by atoms with Crippen LogP contribution < -0.4 is 9.47 Å². The van der Waals surface area contributed by atoms with E-state index in [4.69, 9.17) is 28.4 Å². The minimum Gasteiger partial charge on any atom is -0.506 e. The van der Waals surface area contributed by atoms with Crippen molar-refractivity contribution in [1.29, 1.82) is 0 Å². The number of fused-ring (bicyclic) bond motifs is 2. The molecule has 5 rings (SSSR count). The van der Waals surface area contributed by atoms with Gasteiger partial charge in [-0.15, -0.1) is 0 Å². The summed E-state index contributed by atoms with van der Waals surface area (Å²) in [6.07, 6.45) is -14.8.